The topological polar surface area (TPSA) is 49.4 Å². The summed E-state index contributed by atoms with van der Waals surface area (Å²) in [5, 5.41) is 1.49. The summed E-state index contributed by atoms with van der Waals surface area (Å²) < 4.78 is 53.6. The van der Waals surface area contributed by atoms with Crippen LogP contribution >= 0.6 is 0 Å². The molecule has 1 heterocycles. The van der Waals surface area contributed by atoms with E-state index in [1.807, 2.05) is 18.2 Å². The van der Waals surface area contributed by atoms with Crippen molar-refractivity contribution in [1.82, 2.24) is 4.90 Å². The molecule has 140 valence electrons. The number of sulfonamides is 1. The van der Waals surface area contributed by atoms with E-state index < -0.39 is 16.4 Å². The van der Waals surface area contributed by atoms with Gasteiger partial charge in [-0.3, -0.25) is 9.62 Å². The second-order valence-electron chi connectivity index (χ2n) is 6.63. The molecule has 7 heteroatoms. The van der Waals surface area contributed by atoms with Crippen molar-refractivity contribution < 1.29 is 17.2 Å². The summed E-state index contributed by atoms with van der Waals surface area (Å²) in [5.41, 5.74) is 2.25. The molecule has 4 nitrogen and oxygen atoms in total. The van der Waals surface area contributed by atoms with E-state index in [1.165, 1.54) is 0 Å². The average molecular weight is 388 g/mol. The van der Waals surface area contributed by atoms with Crippen LogP contribution in [0.4, 0.5) is 14.5 Å². The predicted octanol–water partition coefficient (Wildman–Crippen LogP) is 4.22. The molecule has 0 aliphatic carbocycles. The minimum absolute atomic E-state index is 0.209. The molecule has 0 amide bonds. The molecule has 27 heavy (non-hydrogen) atoms. The third-order valence-corrected chi connectivity index (χ3v) is 6.12. The summed E-state index contributed by atoms with van der Waals surface area (Å²) in [7, 11) is -3.77. The molecule has 3 aromatic carbocycles. The van der Waals surface area contributed by atoms with Crippen LogP contribution in [0.2, 0.25) is 0 Å². The summed E-state index contributed by atoms with van der Waals surface area (Å²) in [6.07, 6.45) is -2.39. The van der Waals surface area contributed by atoms with Gasteiger partial charge in [-0.1, -0.05) is 42.5 Å². The van der Waals surface area contributed by atoms with Crippen molar-refractivity contribution in [3.8, 4) is 0 Å². The lowest BCUT2D eigenvalue weighted by Crippen LogP contribution is -2.22. The van der Waals surface area contributed by atoms with Gasteiger partial charge < -0.3 is 0 Å². The van der Waals surface area contributed by atoms with Crippen LogP contribution in [0.15, 0.2) is 65.6 Å². The Bertz CT molecular complexity index is 1090. The van der Waals surface area contributed by atoms with Crippen molar-refractivity contribution in [3.63, 3.8) is 0 Å². The van der Waals surface area contributed by atoms with Crippen molar-refractivity contribution in [2.24, 2.45) is 0 Å². The van der Waals surface area contributed by atoms with Gasteiger partial charge in [0.15, 0.2) is 0 Å². The molecule has 0 aromatic heterocycles. The molecule has 0 radical (unpaired) electrons. The first kappa shape index (κ1) is 17.9. The Morgan fingerprint density at radius 3 is 2.52 bits per heavy atom. The van der Waals surface area contributed by atoms with E-state index in [0.29, 0.717) is 24.2 Å². The maximum Gasteiger partial charge on any atom is 0.262 e. The Labute approximate surface area is 156 Å². The Morgan fingerprint density at radius 1 is 0.963 bits per heavy atom. The summed E-state index contributed by atoms with van der Waals surface area (Å²) in [5.74, 6) is 0. The fraction of sp³-hybridized carbons (Fsp3) is 0.200. The van der Waals surface area contributed by atoms with E-state index in [9.17, 15) is 17.2 Å². The van der Waals surface area contributed by atoms with E-state index in [-0.39, 0.29) is 11.4 Å². The molecule has 1 aliphatic rings. The maximum absolute atomic E-state index is 12.9. The van der Waals surface area contributed by atoms with E-state index >= 15 is 0 Å². The van der Waals surface area contributed by atoms with Crippen LogP contribution in [0.25, 0.3) is 10.8 Å². The lowest BCUT2D eigenvalue weighted by Gasteiger charge is -2.13. The molecular weight excluding hydrogens is 370 g/mol. The molecule has 0 fully saturated rings. The van der Waals surface area contributed by atoms with E-state index in [2.05, 4.69) is 4.72 Å². The summed E-state index contributed by atoms with van der Waals surface area (Å²) in [4.78, 5) is 1.86. The standard InChI is InChI=1S/C20H18F2N2O2S/c21-20(22)13-24-11-15-8-9-17(10-16(15)12-24)23-27(25,26)19-7-3-5-14-4-1-2-6-18(14)19/h1-10,20,23H,11-13H2. The van der Waals surface area contributed by atoms with E-state index in [4.69, 9.17) is 0 Å². The Hall–Kier alpha value is -2.51. The second-order valence-corrected chi connectivity index (χ2v) is 8.28. The molecule has 0 atom stereocenters. The first-order valence-corrected chi connectivity index (χ1v) is 10.0. The number of alkyl halides is 2. The normalized spacial score (nSPS) is 14.6. The van der Waals surface area contributed by atoms with Gasteiger partial charge in [0.05, 0.1) is 11.4 Å². The highest BCUT2D eigenvalue weighted by Crippen LogP contribution is 2.29. The molecule has 3 aromatic rings. The van der Waals surface area contributed by atoms with Gasteiger partial charge in [-0.05, 0) is 34.7 Å². The second kappa shape index (κ2) is 6.90. The van der Waals surface area contributed by atoms with E-state index in [0.717, 1.165) is 16.5 Å². The van der Waals surface area contributed by atoms with Crippen LogP contribution in [0.1, 0.15) is 11.1 Å². The summed E-state index contributed by atoms with van der Waals surface area (Å²) in [6, 6.07) is 17.6. The van der Waals surface area contributed by atoms with Crippen LogP contribution in [0.3, 0.4) is 0 Å². The lowest BCUT2D eigenvalue weighted by molar-refractivity contribution is 0.0873. The number of anilines is 1. The van der Waals surface area contributed by atoms with Crippen molar-refractivity contribution in [1.29, 1.82) is 0 Å². The number of halogens is 2. The lowest BCUT2D eigenvalue weighted by atomic mass is 10.1. The molecule has 0 spiro atoms. The number of benzene rings is 3. The zero-order chi connectivity index (χ0) is 19.0. The quantitative estimate of drug-likeness (QED) is 0.712. The number of nitrogens with one attached hydrogen (secondary N) is 1. The molecule has 0 bridgehead atoms. The zero-order valence-corrected chi connectivity index (χ0v) is 15.2. The largest absolute Gasteiger partial charge is 0.289 e. The van der Waals surface area contributed by atoms with Gasteiger partial charge in [-0.15, -0.1) is 0 Å². The van der Waals surface area contributed by atoms with Gasteiger partial charge >= 0.3 is 0 Å². The fourth-order valence-electron chi connectivity index (χ4n) is 3.49. The first-order valence-electron chi connectivity index (χ1n) is 8.55. The Morgan fingerprint density at radius 2 is 1.70 bits per heavy atom. The number of hydrogen-bond acceptors (Lipinski definition) is 3. The van der Waals surface area contributed by atoms with Crippen LogP contribution in [-0.4, -0.2) is 26.3 Å². The number of fused-ring (bicyclic) bond motifs is 2. The average Bonchev–Trinajstić information content (AvgIpc) is 3.01. The highest BCUT2D eigenvalue weighted by atomic mass is 32.2. The van der Waals surface area contributed by atoms with Gasteiger partial charge in [0.2, 0.25) is 0 Å². The summed E-state index contributed by atoms with van der Waals surface area (Å²) in [6.45, 7) is 0.561. The van der Waals surface area contributed by atoms with Crippen molar-refractivity contribution in [2.75, 3.05) is 11.3 Å². The molecule has 0 saturated heterocycles. The molecular formula is C20H18F2N2O2S. The third kappa shape index (κ3) is 3.65. The summed E-state index contributed by atoms with van der Waals surface area (Å²) >= 11 is 0. The number of nitrogens with zero attached hydrogens (tertiary/aromatic N) is 1. The minimum Gasteiger partial charge on any atom is -0.289 e. The van der Waals surface area contributed by atoms with Crippen LogP contribution in [-0.2, 0) is 23.1 Å². The van der Waals surface area contributed by atoms with E-state index in [1.54, 1.807) is 47.4 Å². The van der Waals surface area contributed by atoms with Crippen LogP contribution in [0, 0.1) is 0 Å². The number of hydrogen-bond donors (Lipinski definition) is 1. The Balaban J connectivity index is 1.61. The van der Waals surface area contributed by atoms with Gasteiger partial charge in [-0.2, -0.15) is 0 Å². The highest BCUT2D eigenvalue weighted by Gasteiger charge is 2.23. The monoisotopic (exact) mass is 388 g/mol. The van der Waals surface area contributed by atoms with Crippen LogP contribution < -0.4 is 4.72 Å². The number of rotatable bonds is 5. The molecule has 0 saturated carbocycles. The molecule has 4 rings (SSSR count). The van der Waals surface area contributed by atoms with Gasteiger partial charge in [-0.25, -0.2) is 17.2 Å². The SMILES string of the molecule is O=S(=O)(Nc1ccc2c(c1)CN(CC(F)F)C2)c1cccc2ccccc12. The Kier molecular flexibility index (Phi) is 4.57. The minimum atomic E-state index is -3.77. The highest BCUT2D eigenvalue weighted by molar-refractivity contribution is 7.93. The van der Waals surface area contributed by atoms with Crippen molar-refractivity contribution >= 4 is 26.5 Å². The van der Waals surface area contributed by atoms with Gasteiger partial charge in [0.25, 0.3) is 16.4 Å². The first-order chi connectivity index (χ1) is 12.9. The molecule has 1 aliphatic heterocycles. The van der Waals surface area contributed by atoms with Crippen molar-refractivity contribution in [2.45, 2.75) is 24.4 Å². The van der Waals surface area contributed by atoms with Gasteiger partial charge in [0, 0.05) is 24.2 Å². The van der Waals surface area contributed by atoms with Crippen molar-refractivity contribution in [3.05, 3.63) is 71.8 Å². The molecule has 0 unspecified atom stereocenters. The molecule has 1 N–H and O–H groups in total. The maximum atomic E-state index is 12.9. The predicted molar refractivity (Wildman–Crippen MR) is 101 cm³/mol. The van der Waals surface area contributed by atoms with Gasteiger partial charge in [0.1, 0.15) is 0 Å². The zero-order valence-electron chi connectivity index (χ0n) is 14.4. The smallest absolute Gasteiger partial charge is 0.262 e. The fourth-order valence-corrected chi connectivity index (χ4v) is 4.77. The third-order valence-electron chi connectivity index (χ3n) is 4.68. The van der Waals surface area contributed by atoms with Crippen LogP contribution in [0.5, 0.6) is 0 Å².